The van der Waals surface area contributed by atoms with Crippen LogP contribution in [0.25, 0.3) is 0 Å². The Balaban J connectivity index is -0.000000234. The summed E-state index contributed by atoms with van der Waals surface area (Å²) in [6.07, 6.45) is 71.5. The Morgan fingerprint density at radius 3 is 0.559 bits per heavy atom. The number of allylic oxidation sites excluding steroid dienone is 6. The quantitative estimate of drug-likeness (QED) is 0.0325. The molecule has 1 heteroatoms. The summed E-state index contributed by atoms with van der Waals surface area (Å²) < 4.78 is 0. The SMILES string of the molecule is [CH2-]C(C)C.[CH2-]CCCCCCC/C=C\CCCCCCCC.[CH2-]CCCCCCC/C=C\CCCCCCCC.[CH2-]CCCCCCC/C=C\CCCCCCCC.[Zr+4]. The molecule has 350 valence electrons. The van der Waals surface area contributed by atoms with Crippen LogP contribution < -0.4 is 0 Å². The van der Waals surface area contributed by atoms with E-state index in [1.54, 1.807) is 0 Å². The molecule has 59 heavy (non-hydrogen) atoms. The summed E-state index contributed by atoms with van der Waals surface area (Å²) in [4.78, 5) is 0. The second-order valence-electron chi connectivity index (χ2n) is 17.7. The van der Waals surface area contributed by atoms with Gasteiger partial charge in [-0.15, -0.1) is 0 Å². The minimum absolute atomic E-state index is 0. The van der Waals surface area contributed by atoms with Crippen LogP contribution in [0.5, 0.6) is 0 Å². The molecule has 0 saturated heterocycles. The molecule has 0 aliphatic heterocycles. The zero-order valence-corrected chi connectivity index (χ0v) is 44.5. The topological polar surface area (TPSA) is 0 Å². The molecule has 0 atom stereocenters. The van der Waals surface area contributed by atoms with Gasteiger partial charge in [0, 0.05) is 0 Å². The minimum Gasteiger partial charge on any atom is -0.343 e. The first-order valence-electron chi connectivity index (χ1n) is 26.6. The van der Waals surface area contributed by atoms with Crippen LogP contribution >= 0.6 is 0 Å². The zero-order valence-electron chi connectivity index (χ0n) is 42.1. The van der Waals surface area contributed by atoms with Crippen molar-refractivity contribution in [1.82, 2.24) is 0 Å². The summed E-state index contributed by atoms with van der Waals surface area (Å²) in [7, 11) is 0. The van der Waals surface area contributed by atoms with Gasteiger partial charge in [0.25, 0.3) is 0 Å². The Labute approximate surface area is 398 Å². The van der Waals surface area contributed by atoms with Gasteiger partial charge >= 0.3 is 26.2 Å². The van der Waals surface area contributed by atoms with Crippen molar-refractivity contribution in [2.75, 3.05) is 0 Å². The predicted molar refractivity (Wildman–Crippen MR) is 275 cm³/mol. The fourth-order valence-corrected chi connectivity index (χ4v) is 6.74. The first-order chi connectivity index (χ1) is 28.5. The molecular formula is C58H114Zr. The molecule has 0 rings (SSSR count). The summed E-state index contributed by atoms with van der Waals surface area (Å²) in [6, 6.07) is 0. The molecule has 0 heterocycles. The van der Waals surface area contributed by atoms with Gasteiger partial charge in [-0.3, -0.25) is 0 Å². The number of rotatable bonds is 42. The maximum Gasteiger partial charge on any atom is 4.00 e. The zero-order chi connectivity index (χ0) is 43.5. The van der Waals surface area contributed by atoms with Gasteiger partial charge in [0.15, 0.2) is 0 Å². The summed E-state index contributed by atoms with van der Waals surface area (Å²) in [6.45, 7) is 26.2. The van der Waals surface area contributed by atoms with E-state index in [1.165, 1.54) is 250 Å². The molecule has 0 aromatic heterocycles. The maximum atomic E-state index is 3.87. The van der Waals surface area contributed by atoms with Gasteiger partial charge in [0.1, 0.15) is 0 Å². The van der Waals surface area contributed by atoms with E-state index in [-0.39, 0.29) is 26.2 Å². The van der Waals surface area contributed by atoms with Gasteiger partial charge in [0.05, 0.1) is 0 Å². The number of hydrogen-bond acceptors (Lipinski definition) is 0. The van der Waals surface area contributed by atoms with Gasteiger partial charge in [0.2, 0.25) is 0 Å². The van der Waals surface area contributed by atoms with Crippen molar-refractivity contribution in [3.63, 3.8) is 0 Å². The van der Waals surface area contributed by atoms with Crippen molar-refractivity contribution in [1.29, 1.82) is 0 Å². The van der Waals surface area contributed by atoms with E-state index in [4.69, 9.17) is 0 Å². The molecule has 0 N–H and O–H groups in total. The summed E-state index contributed by atoms with van der Waals surface area (Å²) in [5, 5.41) is 0. The van der Waals surface area contributed by atoms with Crippen molar-refractivity contribution >= 4 is 0 Å². The summed E-state index contributed by atoms with van der Waals surface area (Å²) >= 11 is 0. The molecule has 0 radical (unpaired) electrons. The van der Waals surface area contributed by atoms with E-state index in [2.05, 4.69) is 98.8 Å². The van der Waals surface area contributed by atoms with Crippen molar-refractivity contribution < 1.29 is 26.2 Å². The standard InChI is InChI=1S/3C18H35.C4H9.Zr/c3*1-3-5-7-9-11-13-15-17-18-16-14-12-10-8-6-4-2;1-4(2)3;/h3*17-18H,1,3-16H2,2H3;4H,1H2,2-3H3;/q4*-1;+4/b3*18-17-;;. The number of unbranched alkanes of at least 4 members (excludes halogenated alkanes) is 36. The molecule has 0 aromatic rings. The molecule has 0 nitrogen and oxygen atoms in total. The molecule has 0 aromatic carbocycles. The second-order valence-corrected chi connectivity index (χ2v) is 17.7. The van der Waals surface area contributed by atoms with Crippen LogP contribution in [-0.2, 0) is 26.2 Å². The van der Waals surface area contributed by atoms with Gasteiger partial charge in [-0.25, -0.2) is 0 Å². The third-order valence-electron chi connectivity index (χ3n) is 10.5. The maximum absolute atomic E-state index is 3.87. The Bertz CT molecular complexity index is 555. The second kappa shape index (κ2) is 72.5. The van der Waals surface area contributed by atoms with E-state index < -0.39 is 0 Å². The molecule has 0 amide bonds. The Morgan fingerprint density at radius 1 is 0.271 bits per heavy atom. The number of hydrogen-bond donors (Lipinski definition) is 0. The molecule has 0 spiro atoms. The van der Waals surface area contributed by atoms with Gasteiger partial charge in [-0.05, 0) is 77.0 Å². The van der Waals surface area contributed by atoms with Gasteiger partial charge in [-0.2, -0.15) is 25.2 Å². The molecule has 0 aliphatic rings. The van der Waals surface area contributed by atoms with Gasteiger partial charge in [-0.1, -0.05) is 244 Å². The monoisotopic (exact) mass is 901 g/mol. The summed E-state index contributed by atoms with van der Waals surface area (Å²) in [5.41, 5.74) is 0. The van der Waals surface area contributed by atoms with Gasteiger partial charge < -0.3 is 27.7 Å². The van der Waals surface area contributed by atoms with Crippen LogP contribution in [0.4, 0.5) is 0 Å². The van der Waals surface area contributed by atoms with Crippen LogP contribution in [0.15, 0.2) is 36.5 Å². The van der Waals surface area contributed by atoms with Crippen LogP contribution in [0, 0.1) is 33.6 Å². The van der Waals surface area contributed by atoms with Crippen molar-refractivity contribution in [2.24, 2.45) is 5.92 Å². The van der Waals surface area contributed by atoms with Crippen LogP contribution in [-0.4, -0.2) is 0 Å². The minimum atomic E-state index is 0. The Morgan fingerprint density at radius 2 is 0.407 bits per heavy atom. The van der Waals surface area contributed by atoms with E-state index in [9.17, 15) is 0 Å². The van der Waals surface area contributed by atoms with E-state index in [0.29, 0.717) is 5.92 Å². The third kappa shape index (κ3) is 89.9. The van der Waals surface area contributed by atoms with Crippen molar-refractivity contribution in [3.05, 3.63) is 64.2 Å². The fourth-order valence-electron chi connectivity index (χ4n) is 6.74. The predicted octanol–water partition coefficient (Wildman–Crippen LogP) is 22.0. The molecule has 0 unspecified atom stereocenters. The first-order valence-corrected chi connectivity index (χ1v) is 26.6. The molecular weight excluding hydrogens is 788 g/mol. The first kappa shape index (κ1) is 68.2. The van der Waals surface area contributed by atoms with Crippen LogP contribution in [0.2, 0.25) is 0 Å². The molecule has 0 aliphatic carbocycles. The van der Waals surface area contributed by atoms with Crippen LogP contribution in [0.1, 0.15) is 304 Å². The fraction of sp³-hybridized carbons (Fsp3) is 0.828. The van der Waals surface area contributed by atoms with Crippen molar-refractivity contribution in [3.8, 4) is 0 Å². The third-order valence-corrected chi connectivity index (χ3v) is 10.5. The van der Waals surface area contributed by atoms with E-state index in [1.807, 2.05) is 0 Å². The van der Waals surface area contributed by atoms with E-state index in [0.717, 1.165) is 19.3 Å². The smallest absolute Gasteiger partial charge is 0.343 e. The Hall–Kier alpha value is 0.103. The summed E-state index contributed by atoms with van der Waals surface area (Å²) in [5.74, 6) is 0.583. The Kier molecular flexibility index (Phi) is 83.8. The molecule has 0 fully saturated rings. The average molecular weight is 903 g/mol. The largest absolute Gasteiger partial charge is 4.00 e. The average Bonchev–Trinajstić information content (AvgIpc) is 3.21. The normalized spacial score (nSPS) is 11.1. The molecule has 0 bridgehead atoms. The van der Waals surface area contributed by atoms with Crippen LogP contribution in [0.3, 0.4) is 0 Å². The molecule has 0 saturated carbocycles. The van der Waals surface area contributed by atoms with Crippen molar-refractivity contribution in [2.45, 2.75) is 304 Å². The van der Waals surface area contributed by atoms with E-state index >= 15 is 0 Å².